The fourth-order valence-electron chi connectivity index (χ4n) is 5.92. The van der Waals surface area contributed by atoms with Crippen LogP contribution in [0.15, 0.2) is 30.5 Å². The first-order chi connectivity index (χ1) is 19.2. The van der Waals surface area contributed by atoms with Crippen molar-refractivity contribution in [3.63, 3.8) is 0 Å². The maximum absolute atomic E-state index is 15.1. The predicted octanol–water partition coefficient (Wildman–Crippen LogP) is 6.05. The van der Waals surface area contributed by atoms with Gasteiger partial charge in [-0.1, -0.05) is 12.1 Å². The number of H-pyrrole nitrogens is 1. The molecule has 0 saturated carbocycles. The summed E-state index contributed by atoms with van der Waals surface area (Å²) in [7, 11) is 0. The van der Waals surface area contributed by atoms with Crippen LogP contribution in [0.1, 0.15) is 42.6 Å². The van der Waals surface area contributed by atoms with E-state index in [-0.39, 0.29) is 40.8 Å². The number of nitrogens with one attached hydrogen (secondary N) is 2. The van der Waals surface area contributed by atoms with Gasteiger partial charge in [0, 0.05) is 60.6 Å². The Morgan fingerprint density at radius 2 is 2.00 bits per heavy atom. The average Bonchev–Trinajstić information content (AvgIpc) is 3.51. The van der Waals surface area contributed by atoms with Gasteiger partial charge in [-0.25, -0.2) is 22.5 Å². The number of aromatic amines is 1. The Morgan fingerprint density at radius 1 is 1.20 bits per heavy atom. The number of rotatable bonds is 10. The summed E-state index contributed by atoms with van der Waals surface area (Å²) in [6.07, 6.45) is -3.66. The normalized spacial score (nSPS) is 22.8. The SMILES string of the molecule is C[C@@H]1Cc2c([nH]c3c(F)cccc23)C(c2cnc(NC3CCN(CCCF)C3)cc2OC(F)F)N1C(F)C(F)F. The molecule has 3 unspecified atom stereocenters. The van der Waals surface area contributed by atoms with Gasteiger partial charge in [0.1, 0.15) is 17.4 Å². The smallest absolute Gasteiger partial charge is 0.387 e. The topological polar surface area (TPSA) is 56.4 Å². The predicted molar refractivity (Wildman–Crippen MR) is 136 cm³/mol. The number of alkyl halides is 6. The first-order valence-electron chi connectivity index (χ1n) is 13.2. The van der Waals surface area contributed by atoms with Crippen LogP contribution in [0.5, 0.6) is 5.75 Å². The van der Waals surface area contributed by atoms with E-state index in [9.17, 15) is 26.3 Å². The average molecular weight is 574 g/mol. The summed E-state index contributed by atoms with van der Waals surface area (Å²) in [5.41, 5.74) is 0.835. The molecule has 3 aromatic rings. The molecular formula is C27H30F7N5O. The number of hydrogen-bond donors (Lipinski definition) is 2. The van der Waals surface area contributed by atoms with Gasteiger partial charge in [-0.3, -0.25) is 9.29 Å². The maximum Gasteiger partial charge on any atom is 0.387 e. The van der Waals surface area contributed by atoms with Crippen molar-refractivity contribution in [2.75, 3.05) is 31.6 Å². The molecular weight excluding hydrogens is 543 g/mol. The number of ether oxygens (including phenoxy) is 1. The quantitative estimate of drug-likeness (QED) is 0.229. The van der Waals surface area contributed by atoms with Gasteiger partial charge >= 0.3 is 6.61 Å². The molecule has 13 heteroatoms. The van der Waals surface area contributed by atoms with Crippen LogP contribution in [0.25, 0.3) is 10.9 Å². The molecule has 0 spiro atoms. The lowest BCUT2D eigenvalue weighted by molar-refractivity contribution is -0.0858. The number of para-hydroxylation sites is 1. The van der Waals surface area contributed by atoms with E-state index in [1.807, 2.05) is 0 Å². The van der Waals surface area contributed by atoms with Crippen LogP contribution in [0, 0.1) is 5.82 Å². The van der Waals surface area contributed by atoms with Crippen molar-refractivity contribution in [1.82, 2.24) is 19.8 Å². The highest BCUT2D eigenvalue weighted by Gasteiger charge is 2.44. The third kappa shape index (κ3) is 5.58. The lowest BCUT2D eigenvalue weighted by atomic mass is 9.88. The Bertz CT molecular complexity index is 1320. The number of halogens is 7. The largest absolute Gasteiger partial charge is 0.434 e. The minimum atomic E-state index is -3.39. The third-order valence-corrected chi connectivity index (χ3v) is 7.63. The van der Waals surface area contributed by atoms with Crippen molar-refractivity contribution in [1.29, 1.82) is 0 Å². The minimum Gasteiger partial charge on any atom is -0.434 e. The van der Waals surface area contributed by atoms with Gasteiger partial charge in [-0.15, -0.1) is 0 Å². The van der Waals surface area contributed by atoms with Crippen LogP contribution in [0.4, 0.5) is 36.6 Å². The number of nitrogens with zero attached hydrogens (tertiary/aromatic N) is 3. The second-order valence-electron chi connectivity index (χ2n) is 10.2. The molecule has 2 N–H and O–H groups in total. The molecule has 1 fully saturated rings. The van der Waals surface area contributed by atoms with Gasteiger partial charge in [0.2, 0.25) is 6.30 Å². The molecule has 2 aliphatic heterocycles. The summed E-state index contributed by atoms with van der Waals surface area (Å²) in [5.74, 6) is -0.745. The molecule has 0 bridgehead atoms. The van der Waals surface area contributed by atoms with Gasteiger partial charge in [0.05, 0.1) is 18.2 Å². The first-order valence-corrected chi connectivity index (χ1v) is 13.2. The Balaban J connectivity index is 1.56. The van der Waals surface area contributed by atoms with Crippen LogP contribution >= 0.6 is 0 Å². The third-order valence-electron chi connectivity index (χ3n) is 7.63. The van der Waals surface area contributed by atoms with Gasteiger partial charge in [-0.05, 0) is 37.8 Å². The molecule has 0 aliphatic carbocycles. The van der Waals surface area contributed by atoms with E-state index in [0.29, 0.717) is 30.5 Å². The van der Waals surface area contributed by atoms with Crippen molar-refractivity contribution in [2.24, 2.45) is 0 Å². The highest BCUT2D eigenvalue weighted by atomic mass is 19.3. The number of hydrogen-bond acceptors (Lipinski definition) is 5. The highest BCUT2D eigenvalue weighted by molar-refractivity contribution is 5.86. The van der Waals surface area contributed by atoms with Crippen molar-refractivity contribution in [3.05, 3.63) is 53.1 Å². The summed E-state index contributed by atoms with van der Waals surface area (Å²) < 4.78 is 102. The summed E-state index contributed by atoms with van der Waals surface area (Å²) >= 11 is 0. The highest BCUT2D eigenvalue weighted by Crippen LogP contribution is 2.46. The summed E-state index contributed by atoms with van der Waals surface area (Å²) in [4.78, 5) is 10.2. The number of anilines is 1. The minimum absolute atomic E-state index is 0.0649. The van der Waals surface area contributed by atoms with Crippen molar-refractivity contribution >= 4 is 16.7 Å². The van der Waals surface area contributed by atoms with E-state index in [2.05, 4.69) is 20.2 Å². The molecule has 2 aromatic heterocycles. The summed E-state index contributed by atoms with van der Waals surface area (Å²) in [5, 5.41) is 3.66. The van der Waals surface area contributed by atoms with E-state index in [1.54, 1.807) is 13.0 Å². The monoisotopic (exact) mass is 573 g/mol. The Kier molecular flexibility index (Phi) is 8.41. The molecule has 4 atom stereocenters. The van der Waals surface area contributed by atoms with Crippen LogP contribution in [0.2, 0.25) is 0 Å². The number of benzene rings is 1. The molecule has 1 aromatic carbocycles. The molecule has 0 radical (unpaired) electrons. The lowest BCUT2D eigenvalue weighted by Crippen LogP contribution is -2.49. The van der Waals surface area contributed by atoms with Gasteiger partial charge < -0.3 is 19.9 Å². The standard InChI is InChI=1S/C27H30F7N5O/c1-14-10-17-16-4-2-5-19(29)22(16)37-23(17)24(39(14)26(32)25(30)31)18-12-35-21(11-20(18)40-27(33)34)36-15-6-9-38(13-15)8-3-7-28/h2,4-5,11-12,14-15,24-27,37H,3,6-10,13H2,1H3,(H,35,36)/t14-,15?,24?,26?/m1/s1. The number of pyridine rings is 1. The number of fused-ring (bicyclic) bond motifs is 3. The van der Waals surface area contributed by atoms with Gasteiger partial charge in [0.25, 0.3) is 6.43 Å². The van der Waals surface area contributed by atoms with Gasteiger partial charge in [-0.2, -0.15) is 8.78 Å². The van der Waals surface area contributed by atoms with E-state index in [4.69, 9.17) is 4.74 Å². The van der Waals surface area contributed by atoms with Crippen LogP contribution < -0.4 is 10.1 Å². The molecule has 1 saturated heterocycles. The Morgan fingerprint density at radius 3 is 2.73 bits per heavy atom. The number of likely N-dealkylation sites (tertiary alicyclic amines) is 1. The molecule has 6 nitrogen and oxygen atoms in total. The van der Waals surface area contributed by atoms with E-state index >= 15 is 4.39 Å². The van der Waals surface area contributed by atoms with Crippen LogP contribution in [-0.4, -0.2) is 77.5 Å². The second-order valence-corrected chi connectivity index (χ2v) is 10.2. The first kappa shape index (κ1) is 28.5. The number of aromatic nitrogens is 2. The lowest BCUT2D eigenvalue weighted by Gasteiger charge is -2.42. The fourth-order valence-corrected chi connectivity index (χ4v) is 5.92. The molecule has 0 amide bonds. The zero-order valence-electron chi connectivity index (χ0n) is 21.7. The van der Waals surface area contributed by atoms with Crippen molar-refractivity contribution in [3.8, 4) is 5.75 Å². The zero-order valence-corrected chi connectivity index (χ0v) is 21.7. The van der Waals surface area contributed by atoms with E-state index < -0.39 is 43.9 Å². The van der Waals surface area contributed by atoms with E-state index in [1.165, 1.54) is 24.4 Å². The summed E-state index contributed by atoms with van der Waals surface area (Å²) in [6, 6.07) is 3.41. The van der Waals surface area contributed by atoms with Crippen LogP contribution in [0.3, 0.4) is 0 Å². The zero-order chi connectivity index (χ0) is 28.6. The van der Waals surface area contributed by atoms with Gasteiger partial charge in [0.15, 0.2) is 0 Å². The van der Waals surface area contributed by atoms with Crippen LogP contribution in [-0.2, 0) is 6.42 Å². The van der Waals surface area contributed by atoms with E-state index in [0.717, 1.165) is 17.9 Å². The molecule has 2 aliphatic rings. The fraction of sp³-hybridized carbons (Fsp3) is 0.519. The summed E-state index contributed by atoms with van der Waals surface area (Å²) in [6.45, 7) is -0.200. The Labute approximate surface area is 226 Å². The van der Waals surface area contributed by atoms with Crippen molar-refractivity contribution < 1.29 is 35.5 Å². The second kappa shape index (κ2) is 11.8. The molecule has 218 valence electrons. The van der Waals surface area contributed by atoms with Crippen molar-refractivity contribution in [2.45, 2.75) is 63.6 Å². The molecule has 5 rings (SSSR count). The molecule has 40 heavy (non-hydrogen) atoms. The Hall–Kier alpha value is -3.06. The molecule has 4 heterocycles. The maximum atomic E-state index is 15.1.